The van der Waals surface area contributed by atoms with Crippen molar-refractivity contribution in [2.75, 3.05) is 0 Å². The average Bonchev–Trinajstić information content (AvgIpc) is 3.11. The van der Waals surface area contributed by atoms with Crippen LogP contribution in [0.25, 0.3) is 33.8 Å². The lowest BCUT2D eigenvalue weighted by Gasteiger charge is -2.15. The second-order valence-corrected chi connectivity index (χ2v) is 5.36. The molecule has 0 radical (unpaired) electrons. The van der Waals surface area contributed by atoms with Crippen molar-refractivity contribution in [1.82, 2.24) is 9.97 Å². The van der Waals surface area contributed by atoms with E-state index < -0.39 is 17.7 Å². The monoisotopic (exact) mass is 296 g/mol. The summed E-state index contributed by atoms with van der Waals surface area (Å²) in [7, 11) is 0. The zero-order valence-electron chi connectivity index (χ0n) is 11.2. The van der Waals surface area contributed by atoms with Gasteiger partial charge in [0.25, 0.3) is 0 Å². The van der Waals surface area contributed by atoms with Crippen LogP contribution in [0.3, 0.4) is 0 Å². The van der Waals surface area contributed by atoms with Gasteiger partial charge in [0.2, 0.25) is 5.71 Å². The van der Waals surface area contributed by atoms with Gasteiger partial charge in [-0.3, -0.25) is 0 Å². The Bertz CT molecular complexity index is 1160. The number of hydrogen-bond acceptors (Lipinski definition) is 4. The number of nitrogens with one attached hydrogen (secondary N) is 1. The van der Waals surface area contributed by atoms with E-state index >= 15 is 0 Å². The lowest BCUT2D eigenvalue weighted by atomic mass is 9.95. The highest BCUT2D eigenvalue weighted by molar-refractivity contribution is 6.03. The summed E-state index contributed by atoms with van der Waals surface area (Å²) in [4.78, 5) is 19.2. The zero-order valence-corrected chi connectivity index (χ0v) is 11.2. The molecule has 2 atom stereocenters. The van der Waals surface area contributed by atoms with Crippen LogP contribution >= 0.6 is 0 Å². The van der Waals surface area contributed by atoms with Crippen LogP contribution < -0.4 is 16.2 Å². The minimum Gasteiger partial charge on any atom is -0.468 e. The van der Waals surface area contributed by atoms with Crippen LogP contribution in [-0.4, -0.2) is 16.1 Å². The number of alkyl halides is 1. The fourth-order valence-electron chi connectivity index (χ4n) is 3.23. The zero-order chi connectivity index (χ0) is 14.8. The molecule has 3 aromatic heterocycles. The first-order chi connectivity index (χ1) is 10.7. The van der Waals surface area contributed by atoms with Crippen LogP contribution in [0.2, 0.25) is 0 Å². The normalized spacial score (nSPS) is 22.5. The molecule has 0 saturated carbocycles. The Morgan fingerprint density at radius 3 is 3.18 bits per heavy atom. The minimum absolute atomic E-state index is 0.257. The topological polar surface area (TPSA) is 68.1 Å². The van der Waals surface area contributed by atoms with Crippen LogP contribution in [0.5, 0.6) is 0 Å². The minimum atomic E-state index is -1.19. The first kappa shape index (κ1) is 11.7. The lowest BCUT2D eigenvalue weighted by molar-refractivity contribution is 0.340. The first-order valence-electron chi connectivity index (χ1n) is 6.87. The number of pyridine rings is 1. The van der Waals surface area contributed by atoms with Gasteiger partial charge in [-0.1, -0.05) is 0 Å². The van der Waals surface area contributed by atoms with Crippen molar-refractivity contribution in [2.24, 2.45) is 5.92 Å². The van der Waals surface area contributed by atoms with Gasteiger partial charge in [0.05, 0.1) is 12.2 Å². The van der Waals surface area contributed by atoms with Crippen LogP contribution in [-0.2, 0) is 4.74 Å². The molecule has 0 saturated heterocycles. The molecule has 4 heterocycles. The molecular formula is C16H9FN2O3. The van der Waals surface area contributed by atoms with Gasteiger partial charge in [-0.25, -0.2) is 14.2 Å². The van der Waals surface area contributed by atoms with Crippen molar-refractivity contribution in [3.05, 3.63) is 51.7 Å². The molecule has 1 aliphatic heterocycles. The van der Waals surface area contributed by atoms with E-state index in [1.54, 1.807) is 18.3 Å². The van der Waals surface area contributed by atoms with E-state index in [0.29, 0.717) is 32.6 Å². The summed E-state index contributed by atoms with van der Waals surface area (Å²) in [5.74, 6) is 0.0671. The Labute approximate surface area is 122 Å². The molecule has 22 heavy (non-hydrogen) atoms. The third kappa shape index (κ3) is 1.32. The van der Waals surface area contributed by atoms with Gasteiger partial charge < -0.3 is 14.1 Å². The largest absolute Gasteiger partial charge is 0.468 e. The molecular weight excluding hydrogens is 287 g/mol. The second kappa shape index (κ2) is 3.85. The summed E-state index contributed by atoms with van der Waals surface area (Å²) in [6, 6.07) is 3.59. The second-order valence-electron chi connectivity index (χ2n) is 5.36. The summed E-state index contributed by atoms with van der Waals surface area (Å²) in [6.07, 6.45) is 5.02. The molecule has 0 amide bonds. The third-order valence-electron chi connectivity index (χ3n) is 4.16. The van der Waals surface area contributed by atoms with Gasteiger partial charge in [-0.05, 0) is 24.3 Å². The van der Waals surface area contributed by atoms with E-state index in [1.807, 2.05) is 6.07 Å². The van der Waals surface area contributed by atoms with Crippen LogP contribution in [0.1, 0.15) is 0 Å². The van der Waals surface area contributed by atoms with E-state index in [9.17, 15) is 9.18 Å². The molecule has 1 aliphatic carbocycles. The molecule has 2 aliphatic rings. The fourth-order valence-corrected chi connectivity index (χ4v) is 3.23. The Hall–Kier alpha value is -2.89. The number of ether oxygens (including phenoxy) is 1. The van der Waals surface area contributed by atoms with E-state index in [2.05, 4.69) is 9.97 Å². The fraction of sp³-hybridized carbons (Fsp3) is 0.125. The summed E-state index contributed by atoms with van der Waals surface area (Å²) in [6.45, 7) is 0. The van der Waals surface area contributed by atoms with Crippen molar-refractivity contribution in [3.8, 4) is 0 Å². The maximum atomic E-state index is 14.2. The van der Waals surface area contributed by atoms with Gasteiger partial charge in [0, 0.05) is 27.5 Å². The van der Waals surface area contributed by atoms with Crippen molar-refractivity contribution in [3.63, 3.8) is 0 Å². The van der Waals surface area contributed by atoms with Crippen molar-refractivity contribution < 1.29 is 13.5 Å². The molecule has 0 fully saturated rings. The average molecular weight is 296 g/mol. The summed E-state index contributed by atoms with van der Waals surface area (Å²) < 4.78 is 25.0. The number of fused-ring (bicyclic) bond motifs is 6. The number of aromatic amines is 1. The smallest absolute Gasteiger partial charge is 0.362 e. The Balaban J connectivity index is 2.14. The number of H-pyrrole nitrogens is 1. The summed E-state index contributed by atoms with van der Waals surface area (Å²) in [5.41, 5.74) is 0.0346. The van der Waals surface area contributed by atoms with E-state index in [1.165, 1.54) is 12.3 Å². The molecule has 5 rings (SSSR count). The maximum Gasteiger partial charge on any atom is 0.362 e. The van der Waals surface area contributed by atoms with E-state index in [-0.39, 0.29) is 5.71 Å². The molecule has 5 nitrogen and oxygen atoms in total. The Morgan fingerprint density at radius 2 is 2.27 bits per heavy atom. The number of halogens is 1. The van der Waals surface area contributed by atoms with E-state index in [0.717, 1.165) is 0 Å². The first-order valence-corrected chi connectivity index (χ1v) is 6.87. The number of nitrogens with zero attached hydrogens (tertiary/aromatic N) is 1. The Kier molecular flexibility index (Phi) is 2.05. The van der Waals surface area contributed by atoms with Crippen molar-refractivity contribution in [1.29, 1.82) is 0 Å². The van der Waals surface area contributed by atoms with Crippen LogP contribution in [0.4, 0.5) is 4.39 Å². The molecule has 3 aromatic rings. The highest BCUT2D eigenvalue weighted by Gasteiger charge is 2.32. The van der Waals surface area contributed by atoms with E-state index in [4.69, 9.17) is 9.15 Å². The molecule has 2 unspecified atom stereocenters. The predicted octanol–water partition coefficient (Wildman–Crippen LogP) is 1.07. The van der Waals surface area contributed by atoms with Crippen LogP contribution in [0, 0.1) is 5.92 Å². The SMILES string of the molecule is O=c1oc2ncccc2c2c3c([nH]c12)=CC(F)C1C=COC=31. The molecule has 1 N–H and O–H groups in total. The van der Waals surface area contributed by atoms with Gasteiger partial charge >= 0.3 is 5.63 Å². The van der Waals surface area contributed by atoms with Gasteiger partial charge in [0.15, 0.2) is 0 Å². The number of aromatic nitrogens is 2. The predicted molar refractivity (Wildman–Crippen MR) is 77.9 cm³/mol. The van der Waals surface area contributed by atoms with Crippen LogP contribution in [0.15, 0.2) is 39.9 Å². The summed E-state index contributed by atoms with van der Waals surface area (Å²) in [5, 5.41) is 2.62. The quantitative estimate of drug-likeness (QED) is 0.674. The third-order valence-corrected chi connectivity index (χ3v) is 4.16. The maximum absolute atomic E-state index is 14.2. The van der Waals surface area contributed by atoms with Crippen molar-refractivity contribution >= 4 is 33.8 Å². The molecule has 108 valence electrons. The molecule has 0 aromatic carbocycles. The highest BCUT2D eigenvalue weighted by atomic mass is 19.1. The van der Waals surface area contributed by atoms with Gasteiger partial charge in [-0.15, -0.1) is 0 Å². The molecule has 0 bridgehead atoms. The van der Waals surface area contributed by atoms with Gasteiger partial charge in [-0.2, -0.15) is 0 Å². The summed E-state index contributed by atoms with van der Waals surface area (Å²) >= 11 is 0. The number of rotatable bonds is 0. The number of hydrogen-bond donors (Lipinski definition) is 1. The molecule has 0 spiro atoms. The standard InChI is InChI=1S/C16H9FN2O3/c17-9-6-10-12(14-7(9)3-5-21-14)11-8-2-1-4-18-15(8)22-16(20)13(11)19-10/h1-7,9,19H. The van der Waals surface area contributed by atoms with Crippen molar-refractivity contribution in [2.45, 2.75) is 6.17 Å². The molecule has 6 heteroatoms. The lowest BCUT2D eigenvalue weighted by Crippen LogP contribution is -2.35. The van der Waals surface area contributed by atoms with Gasteiger partial charge in [0.1, 0.15) is 17.4 Å². The highest BCUT2D eigenvalue weighted by Crippen LogP contribution is 2.30. The Morgan fingerprint density at radius 1 is 1.36 bits per heavy atom.